The van der Waals surface area contributed by atoms with E-state index in [0.717, 1.165) is 18.2 Å². The first-order valence-electron chi connectivity index (χ1n) is 5.19. The average Bonchev–Trinajstić information content (AvgIpc) is 2.24. The van der Waals surface area contributed by atoms with Gasteiger partial charge >= 0.3 is 12.4 Å². The second-order valence-electron chi connectivity index (χ2n) is 3.99. The third-order valence-corrected chi connectivity index (χ3v) is 3.18. The van der Waals surface area contributed by atoms with Crippen LogP contribution < -0.4 is 5.73 Å². The molecule has 0 heterocycles. The van der Waals surface area contributed by atoms with Crippen LogP contribution in [-0.4, -0.2) is 6.18 Å². The molecule has 0 fully saturated rings. The summed E-state index contributed by atoms with van der Waals surface area (Å²) in [5.74, 6) is 0. The van der Waals surface area contributed by atoms with Crippen LogP contribution in [0.4, 0.5) is 26.3 Å². The summed E-state index contributed by atoms with van der Waals surface area (Å²) < 4.78 is 73.9. The predicted molar refractivity (Wildman–Crippen MR) is 61.4 cm³/mol. The molecule has 108 valence electrons. The molecule has 0 saturated carbocycles. The van der Waals surface area contributed by atoms with Crippen LogP contribution in [0.1, 0.15) is 30.0 Å². The molecule has 0 spiro atoms. The van der Waals surface area contributed by atoms with Gasteiger partial charge in [-0.2, -0.15) is 26.3 Å². The van der Waals surface area contributed by atoms with Crippen LogP contribution >= 0.6 is 15.9 Å². The first kappa shape index (κ1) is 16.3. The Morgan fingerprint density at radius 2 is 1.68 bits per heavy atom. The first-order chi connectivity index (χ1) is 8.50. The number of benzene rings is 1. The maximum Gasteiger partial charge on any atom is 0.416 e. The molecule has 1 aromatic rings. The lowest BCUT2D eigenvalue weighted by atomic mass is 10.0. The van der Waals surface area contributed by atoms with Crippen molar-refractivity contribution >= 4 is 15.9 Å². The zero-order valence-electron chi connectivity index (χ0n) is 9.45. The average molecular weight is 350 g/mol. The second kappa shape index (κ2) is 5.70. The maximum absolute atomic E-state index is 12.5. The fraction of sp³-hybridized carbons (Fsp3) is 0.455. The van der Waals surface area contributed by atoms with Gasteiger partial charge in [0.1, 0.15) is 0 Å². The minimum Gasteiger partial charge on any atom is -0.324 e. The lowest BCUT2D eigenvalue weighted by Gasteiger charge is -2.17. The van der Waals surface area contributed by atoms with Gasteiger partial charge in [0.15, 0.2) is 0 Å². The normalized spacial score (nSPS) is 14.5. The van der Waals surface area contributed by atoms with Crippen molar-refractivity contribution in [2.75, 3.05) is 0 Å². The Bertz CT molecular complexity index is 440. The molecule has 1 nitrogen and oxygen atoms in total. The maximum atomic E-state index is 12.5. The Hall–Kier alpha value is -0.760. The molecule has 0 bridgehead atoms. The van der Waals surface area contributed by atoms with Gasteiger partial charge in [0.25, 0.3) is 0 Å². The van der Waals surface area contributed by atoms with E-state index in [9.17, 15) is 26.3 Å². The largest absolute Gasteiger partial charge is 0.416 e. The molecule has 0 unspecified atom stereocenters. The van der Waals surface area contributed by atoms with Gasteiger partial charge in [0, 0.05) is 16.9 Å². The molecule has 0 aliphatic rings. The van der Waals surface area contributed by atoms with Gasteiger partial charge in [-0.1, -0.05) is 15.9 Å². The van der Waals surface area contributed by atoms with E-state index < -0.39 is 36.8 Å². The Morgan fingerprint density at radius 1 is 1.11 bits per heavy atom. The van der Waals surface area contributed by atoms with Crippen molar-refractivity contribution < 1.29 is 26.3 Å². The molecule has 2 N–H and O–H groups in total. The van der Waals surface area contributed by atoms with Gasteiger partial charge in [0.05, 0.1) is 5.56 Å². The highest BCUT2D eigenvalue weighted by atomic mass is 79.9. The van der Waals surface area contributed by atoms with Crippen LogP contribution in [0.25, 0.3) is 0 Å². The molecule has 8 heteroatoms. The molecule has 1 rings (SSSR count). The number of hydrogen-bond donors (Lipinski definition) is 1. The summed E-state index contributed by atoms with van der Waals surface area (Å²) >= 11 is 2.99. The van der Waals surface area contributed by atoms with Gasteiger partial charge in [-0.3, -0.25) is 0 Å². The SMILES string of the molecule is N[C@@H](CCC(F)(F)F)c1cc(C(F)(F)F)ccc1Br. The zero-order valence-corrected chi connectivity index (χ0v) is 11.0. The second-order valence-corrected chi connectivity index (χ2v) is 4.85. The Labute approximate surface area is 113 Å². The molecule has 0 amide bonds. The Kier molecular flexibility index (Phi) is 4.89. The van der Waals surface area contributed by atoms with Crippen LogP contribution in [0.3, 0.4) is 0 Å². The molecule has 0 aliphatic heterocycles. The molecular formula is C11H10BrF6N. The number of nitrogens with two attached hydrogens (primary N) is 1. The zero-order chi connectivity index (χ0) is 14.8. The highest BCUT2D eigenvalue weighted by Crippen LogP contribution is 2.35. The third kappa shape index (κ3) is 5.02. The van der Waals surface area contributed by atoms with Crippen molar-refractivity contribution in [2.45, 2.75) is 31.2 Å². The number of rotatable bonds is 3. The lowest BCUT2D eigenvalue weighted by Crippen LogP contribution is -2.17. The monoisotopic (exact) mass is 349 g/mol. The molecule has 0 saturated heterocycles. The first-order valence-corrected chi connectivity index (χ1v) is 5.99. The van der Waals surface area contributed by atoms with Crippen molar-refractivity contribution in [3.05, 3.63) is 33.8 Å². The van der Waals surface area contributed by atoms with Crippen molar-refractivity contribution in [1.82, 2.24) is 0 Å². The fourth-order valence-electron chi connectivity index (χ4n) is 1.48. The summed E-state index contributed by atoms with van der Waals surface area (Å²) in [6.07, 6.45) is -10.6. The summed E-state index contributed by atoms with van der Waals surface area (Å²) in [4.78, 5) is 0. The van der Waals surface area contributed by atoms with E-state index in [1.54, 1.807) is 0 Å². The van der Waals surface area contributed by atoms with E-state index in [1.807, 2.05) is 0 Å². The predicted octanol–water partition coefficient (Wildman–Crippen LogP) is 4.81. The third-order valence-electron chi connectivity index (χ3n) is 2.46. The van der Waals surface area contributed by atoms with E-state index in [2.05, 4.69) is 15.9 Å². The standard InChI is InChI=1S/C11H10BrF6N/c12-8-2-1-6(11(16,17)18)5-7(8)9(19)3-4-10(13,14)15/h1-2,5,9H,3-4,19H2/t9-/m0/s1. The lowest BCUT2D eigenvalue weighted by molar-refractivity contribution is -0.138. The van der Waals surface area contributed by atoms with Crippen LogP contribution in [0, 0.1) is 0 Å². The summed E-state index contributed by atoms with van der Waals surface area (Å²) in [6.45, 7) is 0. The molecule has 1 atom stereocenters. The van der Waals surface area contributed by atoms with Crippen LogP contribution in [0.15, 0.2) is 22.7 Å². The van der Waals surface area contributed by atoms with E-state index in [1.165, 1.54) is 0 Å². The Balaban J connectivity index is 2.93. The minimum atomic E-state index is -4.56. The Morgan fingerprint density at radius 3 is 2.16 bits per heavy atom. The van der Waals surface area contributed by atoms with Crippen molar-refractivity contribution in [2.24, 2.45) is 5.73 Å². The van der Waals surface area contributed by atoms with Crippen LogP contribution in [0.5, 0.6) is 0 Å². The van der Waals surface area contributed by atoms with Crippen LogP contribution in [-0.2, 0) is 6.18 Å². The van der Waals surface area contributed by atoms with Crippen molar-refractivity contribution in [3.63, 3.8) is 0 Å². The van der Waals surface area contributed by atoms with Crippen molar-refractivity contribution in [1.29, 1.82) is 0 Å². The van der Waals surface area contributed by atoms with Gasteiger partial charge in [-0.15, -0.1) is 0 Å². The van der Waals surface area contributed by atoms with E-state index in [-0.39, 0.29) is 10.0 Å². The van der Waals surface area contributed by atoms with Crippen LogP contribution in [0.2, 0.25) is 0 Å². The highest BCUT2D eigenvalue weighted by Gasteiger charge is 2.32. The molecule has 0 aliphatic carbocycles. The molecule has 0 aromatic heterocycles. The number of halogens is 7. The minimum absolute atomic E-state index is 0.0130. The van der Waals surface area contributed by atoms with E-state index >= 15 is 0 Å². The smallest absolute Gasteiger partial charge is 0.324 e. The topological polar surface area (TPSA) is 26.0 Å². The summed E-state index contributed by atoms with van der Waals surface area (Å²) in [5, 5.41) is 0. The van der Waals surface area contributed by atoms with Gasteiger partial charge in [0.2, 0.25) is 0 Å². The fourth-order valence-corrected chi connectivity index (χ4v) is 2.02. The number of hydrogen-bond acceptors (Lipinski definition) is 1. The van der Waals surface area contributed by atoms with Gasteiger partial charge < -0.3 is 5.73 Å². The van der Waals surface area contributed by atoms with E-state index in [0.29, 0.717) is 0 Å². The summed E-state index contributed by atoms with van der Waals surface area (Å²) in [5.41, 5.74) is 4.59. The quantitative estimate of drug-likeness (QED) is 0.778. The van der Waals surface area contributed by atoms with Crippen molar-refractivity contribution in [3.8, 4) is 0 Å². The molecular weight excluding hydrogens is 340 g/mol. The molecule has 0 radical (unpaired) electrons. The number of alkyl halides is 6. The van der Waals surface area contributed by atoms with Gasteiger partial charge in [-0.05, 0) is 30.2 Å². The summed E-state index contributed by atoms with van der Waals surface area (Å²) in [6, 6.07) is 1.62. The molecule has 19 heavy (non-hydrogen) atoms. The van der Waals surface area contributed by atoms with Gasteiger partial charge in [-0.25, -0.2) is 0 Å². The van der Waals surface area contributed by atoms with E-state index in [4.69, 9.17) is 5.73 Å². The highest BCUT2D eigenvalue weighted by molar-refractivity contribution is 9.10. The summed E-state index contributed by atoms with van der Waals surface area (Å²) in [7, 11) is 0. The molecule has 1 aromatic carbocycles.